The molecule has 6 nitrogen and oxygen atoms in total. The Bertz CT molecular complexity index is 1320. The molecule has 1 aliphatic heterocycles. The minimum Gasteiger partial charge on any atom is -0.352 e. The molecule has 1 fully saturated rings. The van der Waals surface area contributed by atoms with E-state index in [1.807, 2.05) is 18.2 Å². The van der Waals surface area contributed by atoms with Crippen molar-refractivity contribution in [2.75, 3.05) is 19.6 Å². The van der Waals surface area contributed by atoms with E-state index in [1.54, 1.807) is 18.5 Å². The molecule has 0 aliphatic carbocycles. The van der Waals surface area contributed by atoms with Crippen LogP contribution in [0.1, 0.15) is 48.0 Å². The molecule has 2 heterocycles. The second kappa shape index (κ2) is 11.0. The summed E-state index contributed by atoms with van der Waals surface area (Å²) in [5.74, 6) is 0.218. The molecule has 0 spiro atoms. The number of fused-ring (bicyclic) bond motifs is 1. The number of piperidine rings is 1. The summed E-state index contributed by atoms with van der Waals surface area (Å²) in [6.45, 7) is 1.13. The van der Waals surface area contributed by atoms with Gasteiger partial charge in [-0.3, -0.25) is 9.78 Å². The van der Waals surface area contributed by atoms with Crippen LogP contribution in [0.15, 0.2) is 65.8 Å². The number of carbonyl (C=O) groups excluding carboxylic acids is 1. The molecule has 3 aromatic rings. The molecule has 0 radical (unpaired) electrons. The van der Waals surface area contributed by atoms with Crippen LogP contribution in [0.5, 0.6) is 0 Å². The van der Waals surface area contributed by atoms with Crippen molar-refractivity contribution in [3.63, 3.8) is 0 Å². The van der Waals surface area contributed by atoms with E-state index in [2.05, 4.69) is 10.3 Å². The maximum Gasteiger partial charge on any atom is 0.416 e. The third-order valence-electron chi connectivity index (χ3n) is 6.60. The van der Waals surface area contributed by atoms with E-state index in [-0.39, 0.29) is 23.9 Å². The molecule has 4 rings (SSSR count). The largest absolute Gasteiger partial charge is 0.416 e. The summed E-state index contributed by atoms with van der Waals surface area (Å²) in [5.41, 5.74) is -0.381. The first-order chi connectivity index (χ1) is 17.1. The van der Waals surface area contributed by atoms with Gasteiger partial charge < -0.3 is 5.32 Å². The van der Waals surface area contributed by atoms with Gasteiger partial charge in [0.2, 0.25) is 10.0 Å². The van der Waals surface area contributed by atoms with Gasteiger partial charge in [-0.15, -0.1) is 0 Å². The van der Waals surface area contributed by atoms with Crippen molar-refractivity contribution in [3.8, 4) is 0 Å². The van der Waals surface area contributed by atoms with Crippen molar-refractivity contribution >= 4 is 26.7 Å². The molecule has 0 saturated carbocycles. The van der Waals surface area contributed by atoms with E-state index < -0.39 is 21.8 Å². The SMILES string of the molecule is O=C(NCCCCC1CCN(S(=O)(=O)c2cccc(C(F)(F)F)c2)CC1)c1ccc2ccncc2c1. The summed E-state index contributed by atoms with van der Waals surface area (Å²) in [6, 6.07) is 11.3. The van der Waals surface area contributed by atoms with Gasteiger partial charge in [-0.05, 0) is 67.0 Å². The lowest BCUT2D eigenvalue weighted by molar-refractivity contribution is -0.137. The Morgan fingerprint density at radius 2 is 1.81 bits per heavy atom. The van der Waals surface area contributed by atoms with Crippen molar-refractivity contribution < 1.29 is 26.4 Å². The predicted molar refractivity (Wildman–Crippen MR) is 131 cm³/mol. The average molecular weight is 520 g/mol. The van der Waals surface area contributed by atoms with Crippen LogP contribution >= 0.6 is 0 Å². The number of hydrogen-bond acceptors (Lipinski definition) is 4. The Morgan fingerprint density at radius 3 is 2.56 bits per heavy atom. The van der Waals surface area contributed by atoms with E-state index >= 15 is 0 Å². The number of rotatable bonds is 8. The smallest absolute Gasteiger partial charge is 0.352 e. The number of alkyl halides is 3. The van der Waals surface area contributed by atoms with E-state index in [0.29, 0.717) is 36.9 Å². The molecule has 1 aliphatic rings. The van der Waals surface area contributed by atoms with E-state index in [9.17, 15) is 26.4 Å². The zero-order valence-electron chi connectivity index (χ0n) is 19.7. The summed E-state index contributed by atoms with van der Waals surface area (Å²) in [5, 5.41) is 4.87. The van der Waals surface area contributed by atoms with Crippen LogP contribution in [-0.2, 0) is 16.2 Å². The average Bonchev–Trinajstić information content (AvgIpc) is 2.88. The molecule has 1 N–H and O–H groups in total. The van der Waals surface area contributed by atoms with Gasteiger partial charge in [-0.1, -0.05) is 25.0 Å². The maximum atomic E-state index is 13.0. The Balaban J connectivity index is 1.19. The summed E-state index contributed by atoms with van der Waals surface area (Å²) in [6.07, 6.45) is 2.78. The first kappa shape index (κ1) is 26.1. The summed E-state index contributed by atoms with van der Waals surface area (Å²) < 4.78 is 65.9. The number of pyridine rings is 1. The lowest BCUT2D eigenvalue weighted by Crippen LogP contribution is -2.38. The first-order valence-electron chi connectivity index (χ1n) is 11.9. The van der Waals surface area contributed by atoms with Crippen LogP contribution in [-0.4, -0.2) is 43.2 Å². The molecule has 0 unspecified atom stereocenters. The number of sulfonamides is 1. The molecule has 192 valence electrons. The van der Waals surface area contributed by atoms with Gasteiger partial charge in [0.25, 0.3) is 5.91 Å². The lowest BCUT2D eigenvalue weighted by atomic mass is 9.92. The predicted octanol–water partition coefficient (Wildman–Crippen LogP) is 5.25. The highest BCUT2D eigenvalue weighted by molar-refractivity contribution is 7.89. The molecule has 0 atom stereocenters. The minimum absolute atomic E-state index is 0.131. The van der Waals surface area contributed by atoms with Gasteiger partial charge >= 0.3 is 6.18 Å². The van der Waals surface area contributed by atoms with Gasteiger partial charge in [0.1, 0.15) is 0 Å². The van der Waals surface area contributed by atoms with Crippen LogP contribution in [0.25, 0.3) is 10.8 Å². The third-order valence-corrected chi connectivity index (χ3v) is 8.49. The molecule has 0 bridgehead atoms. The summed E-state index contributed by atoms with van der Waals surface area (Å²) in [7, 11) is -3.97. The van der Waals surface area contributed by atoms with Gasteiger partial charge in [0.05, 0.1) is 10.5 Å². The van der Waals surface area contributed by atoms with Gasteiger partial charge in [0.15, 0.2) is 0 Å². The number of nitrogens with zero attached hydrogens (tertiary/aromatic N) is 2. The molecule has 2 aromatic carbocycles. The molecule has 36 heavy (non-hydrogen) atoms. The number of hydrogen-bond donors (Lipinski definition) is 1. The van der Waals surface area contributed by atoms with E-state index in [4.69, 9.17) is 0 Å². The Morgan fingerprint density at radius 1 is 1.03 bits per heavy atom. The summed E-state index contributed by atoms with van der Waals surface area (Å²) in [4.78, 5) is 16.2. The molecule has 1 aromatic heterocycles. The number of unbranched alkanes of at least 4 members (excludes halogenated alkanes) is 1. The minimum atomic E-state index is -4.59. The number of aromatic nitrogens is 1. The Kier molecular flexibility index (Phi) is 7.94. The monoisotopic (exact) mass is 519 g/mol. The van der Waals surface area contributed by atoms with E-state index in [1.165, 1.54) is 10.4 Å². The van der Waals surface area contributed by atoms with Crippen LogP contribution in [0.4, 0.5) is 13.2 Å². The lowest BCUT2D eigenvalue weighted by Gasteiger charge is -2.31. The van der Waals surface area contributed by atoms with Crippen LogP contribution < -0.4 is 5.32 Å². The highest BCUT2D eigenvalue weighted by atomic mass is 32.2. The molecular weight excluding hydrogens is 491 g/mol. The Hall–Kier alpha value is -2.98. The van der Waals surface area contributed by atoms with Crippen molar-refractivity contribution in [3.05, 3.63) is 72.1 Å². The van der Waals surface area contributed by atoms with Gasteiger partial charge in [-0.25, -0.2) is 8.42 Å². The van der Waals surface area contributed by atoms with Crippen LogP contribution in [0.2, 0.25) is 0 Å². The van der Waals surface area contributed by atoms with Crippen molar-refractivity contribution in [1.82, 2.24) is 14.6 Å². The molecule has 10 heteroatoms. The normalized spacial score (nSPS) is 15.8. The van der Waals surface area contributed by atoms with Gasteiger partial charge in [0, 0.05) is 43.0 Å². The van der Waals surface area contributed by atoms with E-state index in [0.717, 1.165) is 42.2 Å². The molecular formula is C26H28F3N3O3S. The van der Waals surface area contributed by atoms with Crippen molar-refractivity contribution in [2.24, 2.45) is 5.92 Å². The zero-order chi connectivity index (χ0) is 25.8. The number of halogens is 3. The first-order valence-corrected chi connectivity index (χ1v) is 13.4. The second-order valence-corrected chi connectivity index (χ2v) is 11.0. The van der Waals surface area contributed by atoms with Gasteiger partial charge in [-0.2, -0.15) is 17.5 Å². The topological polar surface area (TPSA) is 79.4 Å². The number of benzene rings is 2. The molecule has 1 amide bonds. The molecule has 1 saturated heterocycles. The quantitative estimate of drug-likeness (QED) is 0.412. The fourth-order valence-corrected chi connectivity index (χ4v) is 6.02. The highest BCUT2D eigenvalue weighted by Crippen LogP contribution is 2.32. The van der Waals surface area contributed by atoms with Crippen LogP contribution in [0, 0.1) is 5.92 Å². The maximum absolute atomic E-state index is 13.0. The summed E-state index contributed by atoms with van der Waals surface area (Å²) >= 11 is 0. The second-order valence-electron chi connectivity index (χ2n) is 9.06. The highest BCUT2D eigenvalue weighted by Gasteiger charge is 2.34. The zero-order valence-corrected chi connectivity index (χ0v) is 20.5. The number of amides is 1. The number of nitrogens with one attached hydrogen (secondary N) is 1. The number of carbonyl (C=O) groups is 1. The Labute approximate surface area is 208 Å². The van der Waals surface area contributed by atoms with Crippen LogP contribution in [0.3, 0.4) is 0 Å². The third kappa shape index (κ3) is 6.22. The van der Waals surface area contributed by atoms with Crippen molar-refractivity contribution in [1.29, 1.82) is 0 Å². The fourth-order valence-electron chi connectivity index (χ4n) is 4.51. The fraction of sp³-hybridized carbons (Fsp3) is 0.385. The van der Waals surface area contributed by atoms with Crippen molar-refractivity contribution in [2.45, 2.75) is 43.2 Å². The standard InChI is InChI=1S/C26H28F3N3O3S/c27-26(28,29)23-5-3-6-24(17-23)36(34,35)32-14-10-19(11-15-32)4-1-2-12-31-25(33)21-8-7-20-9-13-30-18-22(20)16-21/h3,5-9,13,16-19H,1-2,4,10-12,14-15H2,(H,31,33).